The molecule has 3 aromatic rings. The van der Waals surface area contributed by atoms with Crippen LogP contribution < -0.4 is 53.8 Å². The van der Waals surface area contributed by atoms with Gasteiger partial charge in [-0.25, -0.2) is 4.79 Å². The number of hydrogen-bond donors (Lipinski definition) is 11. The highest BCUT2D eigenvalue weighted by Crippen LogP contribution is 2.49. The molecule has 107 heavy (non-hydrogen) atoms. The highest BCUT2D eigenvalue weighted by Gasteiger charge is 2.45. The Morgan fingerprint density at radius 1 is 0.664 bits per heavy atom. The zero-order valence-corrected chi connectivity index (χ0v) is 65.3. The number of urea groups is 1. The lowest BCUT2D eigenvalue weighted by atomic mass is 9.81. The number of nitrogens with one attached hydrogen (secondary N) is 4. The van der Waals surface area contributed by atoms with Crippen LogP contribution in [0.15, 0.2) is 127 Å². The molecule has 1 aliphatic carbocycles. The molecule has 0 saturated carbocycles. The molecule has 28 heteroatoms. The van der Waals surface area contributed by atoms with Crippen LogP contribution in [0.4, 0.5) is 16.2 Å². The van der Waals surface area contributed by atoms with Gasteiger partial charge in [-0.15, -0.1) is 0 Å². The number of rotatable bonds is 47. The van der Waals surface area contributed by atoms with E-state index in [9.17, 15) is 54.7 Å². The summed E-state index contributed by atoms with van der Waals surface area (Å²) >= 11 is 0. The Morgan fingerprint density at radius 2 is 1.29 bits per heavy atom. The fourth-order valence-electron chi connectivity index (χ4n) is 13.9. The molecule has 0 saturated heterocycles. The van der Waals surface area contributed by atoms with Crippen molar-refractivity contribution in [2.75, 3.05) is 44.2 Å². The predicted molar refractivity (Wildman–Crippen MR) is 419 cm³/mol. The molecule has 26 nitrogen and oxygen atoms in total. The molecule has 2 heterocycles. The van der Waals surface area contributed by atoms with Crippen LogP contribution >= 0.6 is 0 Å². The Morgan fingerprint density at radius 3 is 1.93 bits per heavy atom. The van der Waals surface area contributed by atoms with Gasteiger partial charge < -0.3 is 58.9 Å². The van der Waals surface area contributed by atoms with Gasteiger partial charge in [-0.3, -0.25) is 43.1 Å². The Bertz CT molecular complexity index is 4040. The number of carbonyl (C=O) groups is 6. The number of carbonyl (C=O) groups excluding carboxylic acids is 5. The molecule has 0 bridgehead atoms. The van der Waals surface area contributed by atoms with Crippen LogP contribution in [0.5, 0.6) is 5.75 Å². The lowest BCUT2D eigenvalue weighted by Gasteiger charge is -2.27. The molecule has 3 atom stereocenters. The Labute approximate surface area is 632 Å². The molecular formula is C79H117N12O14S2+. The van der Waals surface area contributed by atoms with Gasteiger partial charge in [0.2, 0.25) is 17.5 Å². The van der Waals surface area contributed by atoms with Crippen LogP contribution in [0.25, 0.3) is 0 Å². The zero-order chi connectivity index (χ0) is 78.5. The van der Waals surface area contributed by atoms with E-state index in [2.05, 4.69) is 92.7 Å². The first kappa shape index (κ1) is 87.2. The van der Waals surface area contributed by atoms with E-state index in [4.69, 9.17) is 32.8 Å². The van der Waals surface area contributed by atoms with Crippen LogP contribution in [0.1, 0.15) is 226 Å². The first-order chi connectivity index (χ1) is 50.7. The molecule has 6 rings (SSSR count). The number of nitrogens with zero attached hydrogens (tertiary/aromatic N) is 4. The summed E-state index contributed by atoms with van der Waals surface area (Å²) in [4.78, 5) is 87.3. The van der Waals surface area contributed by atoms with Crippen molar-refractivity contribution in [2.24, 2.45) is 38.8 Å². The van der Waals surface area contributed by atoms with Gasteiger partial charge in [0.1, 0.15) is 23.8 Å². The molecule has 3 aromatic carbocycles. The normalized spacial score (nSPS) is 16.3. The summed E-state index contributed by atoms with van der Waals surface area (Å²) < 4.78 is 79.4. The number of carboxylic acid groups (broad SMARTS) is 1. The van der Waals surface area contributed by atoms with Crippen LogP contribution in [-0.2, 0) is 61.5 Å². The number of hydrogen-bond acceptors (Lipinski definition) is 14. The summed E-state index contributed by atoms with van der Waals surface area (Å²) in [6.07, 6.45) is 23.2. The van der Waals surface area contributed by atoms with Crippen LogP contribution in [0.3, 0.4) is 0 Å². The molecule has 0 fully saturated rings. The second-order valence-corrected chi connectivity index (χ2v) is 32.1. The number of ether oxygens (including phenoxy) is 1. The molecule has 2 aliphatic heterocycles. The fourth-order valence-corrected chi connectivity index (χ4v) is 14.9. The minimum absolute atomic E-state index is 0.0425. The van der Waals surface area contributed by atoms with E-state index >= 15 is 0 Å². The average molecular weight is 1520 g/mol. The lowest BCUT2D eigenvalue weighted by molar-refractivity contribution is -0.438. The standard InChI is InChI=1S/C79H116N12O14S2/c1-8-10-18-50-91-67-40-38-62(107(102,103)104)53-64(67)79(6,7)70(91)42-34-57-24-19-23-56(33-41-69-78(4,5)63-52-61(106(99,100)101)37-39-66(63)90(69)49-11-9-2)73(57)105-60-35-31-55(32-36-60)44-48-84-74(97)58(25-20-45-85-75(80)81)51-68(93)65(28-22-46-86-76(82)83)89-71(94)29-17-15-13-12-14-16-26-59(92)27-21-47-87-77(98)88-54(3)30-43-72(95)96/h31-42,52-54,58,65H,8-30,43-51H2,1-7H3,(H14-,80,81,82,83,84,85,86,87,88,89,94,95,96,97,98,99,100,101,102,103,104)/p+1/t54-,58+,65-/m0/s1. The van der Waals surface area contributed by atoms with Crippen molar-refractivity contribution in [1.29, 1.82) is 0 Å². The summed E-state index contributed by atoms with van der Waals surface area (Å²) in [7, 11) is -8.96. The maximum atomic E-state index is 14.3. The number of benzene rings is 3. The number of nitrogens with two attached hydrogens (primary N) is 4. The van der Waals surface area contributed by atoms with Crippen molar-refractivity contribution in [3.8, 4) is 5.75 Å². The fraction of sp³-hybridized carbons (Fsp3) is 0.557. The molecule has 588 valence electrons. The van der Waals surface area contributed by atoms with Gasteiger partial charge >= 0.3 is 12.0 Å². The Kier molecular flexibility index (Phi) is 34.3. The third-order valence-corrected chi connectivity index (χ3v) is 21.6. The van der Waals surface area contributed by atoms with E-state index in [1.165, 1.54) is 12.1 Å². The van der Waals surface area contributed by atoms with Crippen LogP contribution in [-0.4, -0.2) is 140 Å². The lowest BCUT2D eigenvalue weighted by Crippen LogP contribution is -2.43. The van der Waals surface area contributed by atoms with Crippen molar-refractivity contribution in [1.82, 2.24) is 21.3 Å². The number of unbranched alkanes of at least 4 members (excludes halogenated alkanes) is 8. The molecule has 15 N–H and O–H groups in total. The Balaban J connectivity index is 1.15. The van der Waals surface area contributed by atoms with E-state index in [0.29, 0.717) is 95.4 Å². The molecule has 0 radical (unpaired) electrons. The number of ketones is 2. The minimum Gasteiger partial charge on any atom is -0.481 e. The smallest absolute Gasteiger partial charge is 0.314 e. The minimum atomic E-state index is -4.48. The van der Waals surface area contributed by atoms with E-state index < -0.39 is 55.0 Å². The maximum Gasteiger partial charge on any atom is 0.314 e. The third-order valence-electron chi connectivity index (χ3n) is 19.9. The number of guanidine groups is 2. The molecule has 0 spiro atoms. The van der Waals surface area contributed by atoms with Gasteiger partial charge in [0.05, 0.1) is 21.2 Å². The quantitative estimate of drug-likeness (QED) is 0.00822. The summed E-state index contributed by atoms with van der Waals surface area (Å²) in [6, 6.07) is 15.6. The highest BCUT2D eigenvalue weighted by molar-refractivity contribution is 7.86. The molecule has 3 aliphatic rings. The average Bonchev–Trinajstić information content (AvgIpc) is 1.59. The summed E-state index contributed by atoms with van der Waals surface area (Å²) in [5.74, 6) is -1.54. The molecule has 4 amide bonds. The summed E-state index contributed by atoms with van der Waals surface area (Å²) in [6.45, 7) is 16.6. The first-order valence-corrected chi connectivity index (χ1v) is 40.9. The molecular weight excluding hydrogens is 1410 g/mol. The van der Waals surface area contributed by atoms with Crippen LogP contribution in [0.2, 0.25) is 0 Å². The van der Waals surface area contributed by atoms with Crippen molar-refractivity contribution in [2.45, 2.75) is 248 Å². The van der Waals surface area contributed by atoms with Crippen molar-refractivity contribution >= 4 is 84.6 Å². The van der Waals surface area contributed by atoms with Crippen LogP contribution in [0, 0.1) is 5.92 Å². The van der Waals surface area contributed by atoms with E-state index in [-0.39, 0.29) is 103 Å². The van der Waals surface area contributed by atoms with Gasteiger partial charge in [0.25, 0.3) is 20.2 Å². The maximum absolute atomic E-state index is 14.3. The van der Waals surface area contributed by atoms with Gasteiger partial charge in [0.15, 0.2) is 23.4 Å². The van der Waals surface area contributed by atoms with E-state index in [0.717, 1.165) is 121 Å². The van der Waals surface area contributed by atoms with E-state index in [1.54, 1.807) is 31.2 Å². The second kappa shape index (κ2) is 42.1. The van der Waals surface area contributed by atoms with Gasteiger partial charge in [0, 0.05) is 118 Å². The molecule has 0 aromatic heterocycles. The SMILES string of the molecule is CCCCC[N+]1=C(/C=C/C2=C(Oc3ccc(CCNC(=O)[C@H](CCCN=C(N)N)CC(=O)[C@H](CCCN=C(N)N)NC(=O)CCCCCCCCC(=O)CCCNC(=O)N[C@@H](C)CCC(=O)O)cc3)C(=C/C=C3/N(CCCC)c4ccc(S(=O)(=O)O)cc4C3(C)C)/CCC2)C(C)(C)c2cc(S(=O)(=O)O)ccc21. The largest absolute Gasteiger partial charge is 0.481 e. The monoisotopic (exact) mass is 1520 g/mol. The van der Waals surface area contributed by atoms with Crippen molar-refractivity contribution in [3.05, 3.63) is 124 Å². The molecule has 0 unspecified atom stereocenters. The number of Topliss-reactive ketones (excluding diaryl/α,β-unsaturated/α-hetero) is 2. The number of fused-ring (bicyclic) bond motifs is 2. The van der Waals surface area contributed by atoms with Crippen molar-refractivity contribution < 1.29 is 69.1 Å². The Hall–Kier alpha value is -8.73. The predicted octanol–water partition coefficient (Wildman–Crippen LogP) is 11.1. The summed E-state index contributed by atoms with van der Waals surface area (Å²) in [5.41, 5.74) is 29.1. The highest BCUT2D eigenvalue weighted by atomic mass is 32.2. The topological polar surface area (TPSA) is 424 Å². The van der Waals surface area contributed by atoms with E-state index in [1.807, 2.05) is 38.1 Å². The first-order valence-electron chi connectivity index (χ1n) is 38.0. The van der Waals surface area contributed by atoms with Gasteiger partial charge in [-0.05, 0) is 188 Å². The number of aliphatic imine (C=N–C) groups is 2. The second-order valence-electron chi connectivity index (χ2n) is 29.3. The number of aliphatic carboxylic acids is 1. The number of anilines is 1. The number of carboxylic acids is 1. The third kappa shape index (κ3) is 27.5. The number of amides is 4. The number of allylic oxidation sites excluding steroid dienone is 7. The summed E-state index contributed by atoms with van der Waals surface area (Å²) in [5, 5.41) is 20.2. The zero-order valence-electron chi connectivity index (χ0n) is 63.7. The van der Waals surface area contributed by atoms with Gasteiger partial charge in [-0.2, -0.15) is 21.4 Å². The van der Waals surface area contributed by atoms with Gasteiger partial charge in [-0.1, -0.05) is 84.4 Å². The van der Waals surface area contributed by atoms with Crippen molar-refractivity contribution in [3.63, 3.8) is 0 Å².